The fourth-order valence-corrected chi connectivity index (χ4v) is 4.61. The molecule has 0 amide bonds. The maximum Gasteiger partial charge on any atom is 0.229 e. The Balaban J connectivity index is 1.50. The number of rotatable bonds is 6. The van der Waals surface area contributed by atoms with E-state index in [4.69, 9.17) is 26.3 Å². The molecular weight excluding hydrogens is 436 g/mol. The normalized spacial score (nSPS) is 15.1. The molecular formula is C25H25ClN6O. The Morgan fingerprint density at radius 2 is 1.97 bits per heavy atom. The van der Waals surface area contributed by atoms with Crippen molar-refractivity contribution in [2.24, 2.45) is 0 Å². The predicted molar refractivity (Wildman–Crippen MR) is 131 cm³/mol. The van der Waals surface area contributed by atoms with E-state index >= 15 is 0 Å². The van der Waals surface area contributed by atoms with Crippen molar-refractivity contribution in [2.45, 2.75) is 25.2 Å². The van der Waals surface area contributed by atoms with Crippen LogP contribution in [0.5, 0.6) is 5.75 Å². The van der Waals surface area contributed by atoms with E-state index in [9.17, 15) is 0 Å². The zero-order valence-electron chi connectivity index (χ0n) is 18.5. The van der Waals surface area contributed by atoms with E-state index in [0.29, 0.717) is 16.9 Å². The molecule has 0 radical (unpaired) electrons. The smallest absolute Gasteiger partial charge is 0.229 e. The first-order chi connectivity index (χ1) is 16.2. The van der Waals surface area contributed by atoms with Crippen molar-refractivity contribution < 1.29 is 4.74 Å². The van der Waals surface area contributed by atoms with Gasteiger partial charge in [0.15, 0.2) is 0 Å². The second-order valence-electron chi connectivity index (χ2n) is 7.98. The number of aromatic nitrogens is 4. The number of methoxy groups -OCH3 is 1. The summed E-state index contributed by atoms with van der Waals surface area (Å²) >= 11 is 5.98. The Bertz CT molecular complexity index is 1270. The highest BCUT2D eigenvalue weighted by Gasteiger charge is 2.27. The highest BCUT2D eigenvalue weighted by Crippen LogP contribution is 2.39. The van der Waals surface area contributed by atoms with Crippen molar-refractivity contribution in [2.75, 3.05) is 24.8 Å². The Hall–Kier alpha value is -3.58. The largest absolute Gasteiger partial charge is 0.494 e. The minimum absolute atomic E-state index is 0.258. The van der Waals surface area contributed by atoms with Crippen LogP contribution in [0.15, 0.2) is 61.1 Å². The van der Waals surface area contributed by atoms with E-state index < -0.39 is 0 Å². The second kappa shape index (κ2) is 9.11. The van der Waals surface area contributed by atoms with Gasteiger partial charge in [-0.2, -0.15) is 4.98 Å². The molecule has 0 aliphatic heterocycles. The van der Waals surface area contributed by atoms with Gasteiger partial charge in [0.25, 0.3) is 0 Å². The SMILES string of the molecule is CNc1nc(Nc2ccc(-n3cnc(Cl)c3)c(OC)c2)nc2c1CCCC2c1ccccc1. The molecule has 2 aromatic heterocycles. The summed E-state index contributed by atoms with van der Waals surface area (Å²) in [6.07, 6.45) is 6.57. The van der Waals surface area contributed by atoms with E-state index in [1.54, 1.807) is 19.6 Å². The highest BCUT2D eigenvalue weighted by atomic mass is 35.5. The van der Waals surface area contributed by atoms with Crippen molar-refractivity contribution in [3.8, 4) is 11.4 Å². The molecule has 33 heavy (non-hydrogen) atoms. The van der Waals surface area contributed by atoms with E-state index in [0.717, 1.165) is 42.1 Å². The summed E-state index contributed by atoms with van der Waals surface area (Å²) in [4.78, 5) is 13.8. The summed E-state index contributed by atoms with van der Waals surface area (Å²) in [5.74, 6) is 2.37. The standard InChI is InChI=1S/C25H25ClN6O/c1-27-24-19-10-6-9-18(16-7-4-3-5-8-16)23(19)30-25(31-24)29-17-11-12-20(21(13-17)33-2)32-14-22(26)28-15-32/h3-5,7-8,11-15,18H,6,9-10H2,1-2H3,(H2,27,29,30,31). The molecule has 5 rings (SSSR count). The fraction of sp³-hybridized carbons (Fsp3) is 0.240. The van der Waals surface area contributed by atoms with Crippen molar-refractivity contribution in [3.05, 3.63) is 83.0 Å². The maximum atomic E-state index is 5.98. The molecule has 1 aliphatic rings. The zero-order chi connectivity index (χ0) is 22.8. The number of hydrogen-bond donors (Lipinski definition) is 2. The molecule has 2 heterocycles. The van der Waals surface area contributed by atoms with Crippen LogP contribution in [0.2, 0.25) is 5.15 Å². The molecule has 2 aromatic carbocycles. The number of fused-ring (bicyclic) bond motifs is 1. The number of hydrogen-bond acceptors (Lipinski definition) is 6. The van der Waals surface area contributed by atoms with Gasteiger partial charge in [-0.1, -0.05) is 41.9 Å². The first kappa shape index (κ1) is 21.3. The monoisotopic (exact) mass is 460 g/mol. The summed E-state index contributed by atoms with van der Waals surface area (Å²) in [5, 5.41) is 7.06. The van der Waals surface area contributed by atoms with Gasteiger partial charge in [-0.25, -0.2) is 9.97 Å². The Morgan fingerprint density at radius 1 is 1.12 bits per heavy atom. The highest BCUT2D eigenvalue weighted by molar-refractivity contribution is 6.29. The van der Waals surface area contributed by atoms with Crippen molar-refractivity contribution in [3.63, 3.8) is 0 Å². The van der Waals surface area contributed by atoms with Crippen LogP contribution in [0.4, 0.5) is 17.5 Å². The topological polar surface area (TPSA) is 76.9 Å². The minimum Gasteiger partial charge on any atom is -0.494 e. The number of ether oxygens (including phenoxy) is 1. The average Bonchev–Trinajstić information content (AvgIpc) is 3.29. The lowest BCUT2D eigenvalue weighted by Gasteiger charge is -2.27. The summed E-state index contributed by atoms with van der Waals surface area (Å²) in [7, 11) is 3.55. The van der Waals surface area contributed by atoms with Crippen LogP contribution >= 0.6 is 11.6 Å². The molecule has 7 nitrogen and oxygen atoms in total. The van der Waals surface area contributed by atoms with E-state index in [1.807, 2.05) is 35.9 Å². The molecule has 2 N–H and O–H groups in total. The van der Waals surface area contributed by atoms with Crippen molar-refractivity contribution in [1.82, 2.24) is 19.5 Å². The van der Waals surface area contributed by atoms with Gasteiger partial charge in [0, 0.05) is 36.5 Å². The van der Waals surface area contributed by atoms with Crippen molar-refractivity contribution in [1.29, 1.82) is 0 Å². The lowest BCUT2D eigenvalue weighted by molar-refractivity contribution is 0.413. The Kier molecular flexibility index (Phi) is 5.88. The van der Waals surface area contributed by atoms with E-state index in [-0.39, 0.29) is 5.92 Å². The average molecular weight is 461 g/mol. The predicted octanol–water partition coefficient (Wildman–Crippen LogP) is 5.58. The third-order valence-electron chi connectivity index (χ3n) is 5.99. The molecule has 0 saturated heterocycles. The van der Waals surface area contributed by atoms with Crippen LogP contribution in [-0.4, -0.2) is 33.7 Å². The summed E-state index contributed by atoms with van der Waals surface area (Å²) in [5.41, 5.74) is 5.25. The van der Waals surface area contributed by atoms with Crippen molar-refractivity contribution >= 4 is 29.1 Å². The van der Waals surface area contributed by atoms with Gasteiger partial charge in [-0.3, -0.25) is 0 Å². The minimum atomic E-state index is 0.258. The van der Waals surface area contributed by atoms with Gasteiger partial charge in [0.1, 0.15) is 23.0 Å². The lowest BCUT2D eigenvalue weighted by atomic mass is 9.82. The lowest BCUT2D eigenvalue weighted by Crippen LogP contribution is -2.17. The number of nitrogens with one attached hydrogen (secondary N) is 2. The number of halogens is 1. The molecule has 1 aliphatic carbocycles. The van der Waals surface area contributed by atoms with Gasteiger partial charge in [-0.05, 0) is 37.0 Å². The summed E-state index contributed by atoms with van der Waals surface area (Å²) in [6.45, 7) is 0. The van der Waals surface area contributed by atoms with Gasteiger partial charge in [0.05, 0.1) is 18.5 Å². The third kappa shape index (κ3) is 4.24. The first-order valence-electron chi connectivity index (χ1n) is 10.9. The molecule has 8 heteroatoms. The van der Waals surface area contributed by atoms with Crippen LogP contribution < -0.4 is 15.4 Å². The van der Waals surface area contributed by atoms with Gasteiger partial charge < -0.3 is 19.9 Å². The molecule has 0 fully saturated rings. The molecule has 1 unspecified atom stereocenters. The summed E-state index contributed by atoms with van der Waals surface area (Å²) in [6, 6.07) is 16.4. The molecule has 168 valence electrons. The van der Waals surface area contributed by atoms with E-state index in [2.05, 4.69) is 39.9 Å². The zero-order valence-corrected chi connectivity index (χ0v) is 19.3. The van der Waals surface area contributed by atoms with Crippen LogP contribution in [0.1, 0.15) is 35.6 Å². The molecule has 4 aromatic rings. The maximum absolute atomic E-state index is 5.98. The Morgan fingerprint density at radius 3 is 2.70 bits per heavy atom. The first-order valence-corrected chi connectivity index (χ1v) is 11.3. The Labute approximate surface area is 197 Å². The molecule has 0 spiro atoms. The number of imidazole rings is 1. The quantitative estimate of drug-likeness (QED) is 0.391. The second-order valence-corrected chi connectivity index (χ2v) is 8.37. The van der Waals surface area contributed by atoms with Crippen LogP contribution in [0.3, 0.4) is 0 Å². The third-order valence-corrected chi connectivity index (χ3v) is 6.19. The van der Waals surface area contributed by atoms with Crippen LogP contribution in [-0.2, 0) is 6.42 Å². The number of nitrogens with zero attached hydrogens (tertiary/aromatic N) is 4. The van der Waals surface area contributed by atoms with Crippen LogP contribution in [0, 0.1) is 0 Å². The summed E-state index contributed by atoms with van der Waals surface area (Å²) < 4.78 is 7.44. The molecule has 0 saturated carbocycles. The van der Waals surface area contributed by atoms with Gasteiger partial charge in [0.2, 0.25) is 5.95 Å². The number of anilines is 3. The molecule has 1 atom stereocenters. The van der Waals surface area contributed by atoms with Crippen LogP contribution in [0.25, 0.3) is 5.69 Å². The van der Waals surface area contributed by atoms with Gasteiger partial charge >= 0.3 is 0 Å². The molecule has 0 bridgehead atoms. The van der Waals surface area contributed by atoms with Gasteiger partial charge in [-0.15, -0.1) is 0 Å². The fourth-order valence-electron chi connectivity index (χ4n) is 4.46. The number of benzene rings is 2. The van der Waals surface area contributed by atoms with E-state index in [1.165, 1.54) is 11.1 Å².